The van der Waals surface area contributed by atoms with Crippen LogP contribution in [-0.4, -0.2) is 72.2 Å². The summed E-state index contributed by atoms with van der Waals surface area (Å²) in [4.78, 5) is 45.2. The van der Waals surface area contributed by atoms with Crippen molar-refractivity contribution in [3.05, 3.63) is 45.5 Å². The van der Waals surface area contributed by atoms with E-state index in [1.165, 1.54) is 23.2 Å². The van der Waals surface area contributed by atoms with Crippen LogP contribution in [-0.2, 0) is 16.1 Å². The summed E-state index contributed by atoms with van der Waals surface area (Å²) in [6.45, 7) is 6.03. The van der Waals surface area contributed by atoms with E-state index in [4.69, 9.17) is 4.74 Å². The van der Waals surface area contributed by atoms with Crippen LogP contribution in [0.4, 0.5) is 21.3 Å². The average Bonchev–Trinajstić information content (AvgIpc) is 3.40. The van der Waals surface area contributed by atoms with Crippen LogP contribution in [0, 0.1) is 10.1 Å². The van der Waals surface area contributed by atoms with E-state index in [2.05, 4.69) is 20.1 Å². The van der Waals surface area contributed by atoms with Gasteiger partial charge in [0.2, 0.25) is 5.91 Å². The highest BCUT2D eigenvalue weighted by molar-refractivity contribution is 7.15. The number of thiophene rings is 1. The van der Waals surface area contributed by atoms with Gasteiger partial charge in [0.15, 0.2) is 0 Å². The van der Waals surface area contributed by atoms with Crippen LogP contribution in [0.2, 0.25) is 0 Å². The minimum absolute atomic E-state index is 0.165. The van der Waals surface area contributed by atoms with Crippen molar-refractivity contribution in [1.29, 1.82) is 0 Å². The number of carbonyl (C=O) groups excluding carboxylic acids is 2. The first kappa shape index (κ1) is 22.0. The van der Waals surface area contributed by atoms with Crippen molar-refractivity contribution < 1.29 is 19.2 Å². The first-order chi connectivity index (χ1) is 15.4. The lowest BCUT2D eigenvalue weighted by molar-refractivity contribution is -0.380. The number of cyclic esters (lactones) is 1. The van der Waals surface area contributed by atoms with Gasteiger partial charge in [-0.3, -0.25) is 24.7 Å². The number of rotatable bonds is 7. The molecule has 2 aliphatic rings. The maximum Gasteiger partial charge on any atom is 0.414 e. The fourth-order valence-corrected chi connectivity index (χ4v) is 4.59. The monoisotopic (exact) mass is 460 g/mol. The average molecular weight is 461 g/mol. The molecule has 0 radical (unpaired) electrons. The van der Waals surface area contributed by atoms with E-state index < -0.39 is 6.09 Å². The van der Waals surface area contributed by atoms with Gasteiger partial charge in [-0.15, -0.1) is 0 Å². The molecule has 2 aliphatic heterocycles. The molecule has 0 spiro atoms. The lowest BCUT2D eigenvalue weighted by Gasteiger charge is -2.35. The number of nitro groups is 1. The van der Waals surface area contributed by atoms with E-state index in [0.29, 0.717) is 18.8 Å². The highest BCUT2D eigenvalue weighted by Crippen LogP contribution is 2.26. The molecule has 4 rings (SSSR count). The number of piperazine rings is 1. The predicted molar refractivity (Wildman–Crippen MR) is 119 cm³/mol. The number of ether oxygens (including phenoxy) is 1. The second-order valence-corrected chi connectivity index (χ2v) is 8.84. The number of aromatic nitrogens is 1. The predicted octanol–water partition coefficient (Wildman–Crippen LogP) is 1.83. The van der Waals surface area contributed by atoms with Crippen molar-refractivity contribution in [1.82, 2.24) is 15.2 Å². The molecule has 2 fully saturated rings. The van der Waals surface area contributed by atoms with Crippen LogP contribution in [0.15, 0.2) is 30.5 Å². The number of hydrogen-bond acceptors (Lipinski definition) is 9. The highest BCUT2D eigenvalue weighted by Gasteiger charge is 2.32. The van der Waals surface area contributed by atoms with E-state index in [9.17, 15) is 19.7 Å². The zero-order chi connectivity index (χ0) is 22.7. The number of carbonyl (C=O) groups is 2. The zero-order valence-corrected chi connectivity index (χ0v) is 18.4. The van der Waals surface area contributed by atoms with Crippen molar-refractivity contribution in [2.45, 2.75) is 19.6 Å². The molecule has 0 bridgehead atoms. The summed E-state index contributed by atoms with van der Waals surface area (Å²) >= 11 is 1.22. The molecule has 0 aromatic carbocycles. The molecular weight excluding hydrogens is 436 g/mol. The SMILES string of the molecule is CC(=O)NC[C@H]1CN(c2ccc(N3CCN(Cc4ccc([N+](=O)[O-])s4)CC3)nc2)C(=O)O1. The van der Waals surface area contributed by atoms with E-state index >= 15 is 0 Å². The summed E-state index contributed by atoms with van der Waals surface area (Å²) in [7, 11) is 0. The molecule has 2 aromatic heterocycles. The standard InChI is InChI=1S/C20H24N6O5S/c1-14(27)21-11-16-12-25(20(28)31-16)15-2-4-18(22-10-15)24-8-6-23(7-9-24)13-17-3-5-19(32-17)26(29)30/h2-5,10,16H,6-9,11-13H2,1H3,(H,21,27)/t16-/m0/s1. The molecule has 32 heavy (non-hydrogen) atoms. The molecular formula is C20H24N6O5S. The fraction of sp³-hybridized carbons (Fsp3) is 0.450. The van der Waals surface area contributed by atoms with Gasteiger partial charge in [-0.2, -0.15) is 0 Å². The number of anilines is 2. The topological polar surface area (TPSA) is 121 Å². The van der Waals surface area contributed by atoms with Crippen molar-refractivity contribution in [3.63, 3.8) is 0 Å². The van der Waals surface area contributed by atoms with Gasteiger partial charge >= 0.3 is 11.1 Å². The molecule has 0 aliphatic carbocycles. The zero-order valence-electron chi connectivity index (χ0n) is 17.6. The number of amides is 2. The van der Waals surface area contributed by atoms with E-state index in [-0.39, 0.29) is 28.5 Å². The van der Waals surface area contributed by atoms with Crippen molar-refractivity contribution in [3.8, 4) is 0 Å². The fourth-order valence-electron chi connectivity index (χ4n) is 3.73. The second kappa shape index (κ2) is 9.49. The summed E-state index contributed by atoms with van der Waals surface area (Å²) in [5, 5.41) is 13.7. The van der Waals surface area contributed by atoms with E-state index in [1.54, 1.807) is 12.3 Å². The lowest BCUT2D eigenvalue weighted by Crippen LogP contribution is -2.46. The van der Waals surface area contributed by atoms with Gasteiger partial charge in [-0.1, -0.05) is 11.3 Å². The molecule has 170 valence electrons. The number of hydrogen-bond donors (Lipinski definition) is 1. The third kappa shape index (κ3) is 5.14. The Bertz CT molecular complexity index is 989. The maximum atomic E-state index is 12.2. The first-order valence-electron chi connectivity index (χ1n) is 10.3. The van der Waals surface area contributed by atoms with E-state index in [0.717, 1.165) is 36.9 Å². The van der Waals surface area contributed by atoms with Crippen molar-refractivity contribution in [2.24, 2.45) is 0 Å². The Hall–Kier alpha value is -3.25. The molecule has 1 atom stereocenters. The van der Waals surface area contributed by atoms with Gasteiger partial charge in [-0.05, 0) is 18.2 Å². The van der Waals surface area contributed by atoms with Crippen LogP contribution in [0.25, 0.3) is 0 Å². The Morgan fingerprint density at radius 3 is 2.69 bits per heavy atom. The molecule has 0 saturated carbocycles. The summed E-state index contributed by atoms with van der Waals surface area (Å²) in [6.07, 6.45) is 0.829. The summed E-state index contributed by atoms with van der Waals surface area (Å²) < 4.78 is 5.29. The van der Waals surface area contributed by atoms with Gasteiger partial charge in [0.25, 0.3) is 0 Å². The maximum absolute atomic E-state index is 12.2. The molecule has 12 heteroatoms. The molecule has 1 N–H and O–H groups in total. The van der Waals surface area contributed by atoms with Crippen LogP contribution in [0.1, 0.15) is 11.8 Å². The van der Waals surface area contributed by atoms with E-state index in [1.807, 2.05) is 18.2 Å². The smallest absolute Gasteiger partial charge is 0.414 e. The number of nitrogens with one attached hydrogen (secondary N) is 1. The normalized spacial score (nSPS) is 19.2. The Labute approximate surface area is 188 Å². The van der Waals surface area contributed by atoms with Crippen LogP contribution < -0.4 is 15.1 Å². The highest BCUT2D eigenvalue weighted by atomic mass is 32.1. The quantitative estimate of drug-likeness (QED) is 0.491. The summed E-state index contributed by atoms with van der Waals surface area (Å²) in [5.41, 5.74) is 0.655. The van der Waals surface area contributed by atoms with Crippen LogP contribution >= 0.6 is 11.3 Å². The second-order valence-electron chi connectivity index (χ2n) is 7.69. The third-order valence-electron chi connectivity index (χ3n) is 5.40. The Morgan fingerprint density at radius 1 is 1.28 bits per heavy atom. The molecule has 0 unspecified atom stereocenters. The Morgan fingerprint density at radius 2 is 2.06 bits per heavy atom. The summed E-state index contributed by atoms with van der Waals surface area (Å²) in [5.74, 6) is 0.671. The third-order valence-corrected chi connectivity index (χ3v) is 6.42. The summed E-state index contributed by atoms with van der Waals surface area (Å²) in [6, 6.07) is 7.11. The lowest BCUT2D eigenvalue weighted by atomic mass is 10.2. The Balaban J connectivity index is 1.29. The van der Waals surface area contributed by atoms with Gasteiger partial charge < -0.3 is 15.0 Å². The molecule has 4 heterocycles. The minimum atomic E-state index is -0.447. The Kier molecular flexibility index (Phi) is 6.51. The molecule has 2 amide bonds. The van der Waals surface area contributed by atoms with Crippen LogP contribution in [0.5, 0.6) is 0 Å². The molecule has 2 aromatic rings. The number of pyridine rings is 1. The first-order valence-corrected chi connectivity index (χ1v) is 11.1. The number of nitrogens with zero attached hydrogens (tertiary/aromatic N) is 5. The van der Waals surface area contributed by atoms with Gasteiger partial charge in [0.1, 0.15) is 11.9 Å². The minimum Gasteiger partial charge on any atom is -0.442 e. The van der Waals surface area contributed by atoms with Crippen molar-refractivity contribution >= 4 is 39.8 Å². The van der Waals surface area contributed by atoms with Gasteiger partial charge in [-0.25, -0.2) is 9.78 Å². The van der Waals surface area contributed by atoms with Gasteiger partial charge in [0, 0.05) is 50.6 Å². The van der Waals surface area contributed by atoms with Gasteiger partial charge in [0.05, 0.1) is 29.9 Å². The molecule has 11 nitrogen and oxygen atoms in total. The van der Waals surface area contributed by atoms with Crippen LogP contribution in [0.3, 0.4) is 0 Å². The largest absolute Gasteiger partial charge is 0.442 e. The molecule has 2 saturated heterocycles. The van der Waals surface area contributed by atoms with Crippen molar-refractivity contribution in [2.75, 3.05) is 49.1 Å².